The monoisotopic (exact) mass is 362 g/mol. The number of nitrogens with zero attached hydrogens (tertiary/aromatic N) is 2. The van der Waals surface area contributed by atoms with Crippen molar-refractivity contribution in [3.05, 3.63) is 41.5 Å². The van der Waals surface area contributed by atoms with Gasteiger partial charge in [-0.15, -0.1) is 23.5 Å². The van der Waals surface area contributed by atoms with Gasteiger partial charge in [-0.1, -0.05) is 17.3 Å². The lowest BCUT2D eigenvalue weighted by molar-refractivity contribution is 0.249. The highest BCUT2D eigenvalue weighted by molar-refractivity contribution is 8.19. The number of aromatic nitrogens is 2. The molecule has 2 aromatic rings. The van der Waals surface area contributed by atoms with E-state index in [-0.39, 0.29) is 12.6 Å². The van der Waals surface area contributed by atoms with Gasteiger partial charge in [0.1, 0.15) is 0 Å². The third-order valence-corrected chi connectivity index (χ3v) is 6.97. The van der Waals surface area contributed by atoms with Gasteiger partial charge in [0.25, 0.3) is 0 Å². The molecule has 8 heteroatoms. The van der Waals surface area contributed by atoms with Crippen LogP contribution in [0.3, 0.4) is 0 Å². The van der Waals surface area contributed by atoms with Gasteiger partial charge >= 0.3 is 6.03 Å². The molecule has 2 fully saturated rings. The molecule has 24 heavy (non-hydrogen) atoms. The molecule has 1 aliphatic carbocycles. The van der Waals surface area contributed by atoms with Crippen molar-refractivity contribution in [2.45, 2.75) is 29.9 Å². The average molecular weight is 362 g/mol. The number of benzene rings is 1. The first-order chi connectivity index (χ1) is 11.8. The average Bonchev–Trinajstić information content (AvgIpc) is 3.11. The largest absolute Gasteiger partial charge is 0.337 e. The number of rotatable bonds is 5. The van der Waals surface area contributed by atoms with Crippen molar-refractivity contribution in [1.29, 1.82) is 0 Å². The molecule has 4 rings (SSSR count). The van der Waals surface area contributed by atoms with Gasteiger partial charge in [-0.05, 0) is 30.5 Å². The summed E-state index contributed by atoms with van der Waals surface area (Å²) in [4.78, 5) is 16.3. The summed E-state index contributed by atoms with van der Waals surface area (Å²) in [6.45, 7) is 0.236. The Bertz CT molecular complexity index is 726. The number of amides is 2. The molecule has 0 unspecified atom stereocenters. The SMILES string of the molecule is O=C(NCc1nc(C2CC2)no1)Nc1cccc(C2SCCS2)c1. The minimum atomic E-state index is -0.273. The van der Waals surface area contributed by atoms with E-state index in [1.165, 1.54) is 17.1 Å². The number of hydrogen-bond donors (Lipinski definition) is 2. The van der Waals surface area contributed by atoms with Gasteiger partial charge < -0.3 is 15.2 Å². The minimum absolute atomic E-state index is 0.236. The Hall–Kier alpha value is -1.67. The number of carbonyl (C=O) groups is 1. The molecule has 1 saturated heterocycles. The highest BCUT2D eigenvalue weighted by atomic mass is 32.2. The molecule has 126 valence electrons. The van der Waals surface area contributed by atoms with E-state index in [1.54, 1.807) is 0 Å². The molecule has 0 atom stereocenters. The van der Waals surface area contributed by atoms with Crippen molar-refractivity contribution in [3.63, 3.8) is 0 Å². The highest BCUT2D eigenvalue weighted by Crippen LogP contribution is 2.45. The first-order valence-electron chi connectivity index (χ1n) is 7.98. The lowest BCUT2D eigenvalue weighted by Crippen LogP contribution is -2.28. The molecule has 1 aromatic carbocycles. The van der Waals surface area contributed by atoms with Crippen molar-refractivity contribution < 1.29 is 9.32 Å². The van der Waals surface area contributed by atoms with Crippen LogP contribution in [0.5, 0.6) is 0 Å². The highest BCUT2D eigenvalue weighted by Gasteiger charge is 2.28. The molecular formula is C16H18N4O2S2. The topological polar surface area (TPSA) is 80.1 Å². The number of carbonyl (C=O) groups excluding carboxylic acids is 1. The van der Waals surface area contributed by atoms with Gasteiger partial charge in [-0.25, -0.2) is 4.79 Å². The van der Waals surface area contributed by atoms with Crippen LogP contribution in [0.2, 0.25) is 0 Å². The Balaban J connectivity index is 1.31. The molecule has 2 N–H and O–H groups in total. The van der Waals surface area contributed by atoms with Crippen molar-refractivity contribution >= 4 is 35.2 Å². The van der Waals surface area contributed by atoms with E-state index < -0.39 is 0 Å². The van der Waals surface area contributed by atoms with Crippen LogP contribution in [0.1, 0.15) is 40.6 Å². The van der Waals surface area contributed by atoms with Gasteiger partial charge in [-0.3, -0.25) is 0 Å². The molecule has 0 bridgehead atoms. The van der Waals surface area contributed by atoms with E-state index in [9.17, 15) is 4.79 Å². The summed E-state index contributed by atoms with van der Waals surface area (Å²) >= 11 is 3.89. The lowest BCUT2D eigenvalue weighted by atomic mass is 10.2. The van der Waals surface area contributed by atoms with Crippen molar-refractivity contribution in [1.82, 2.24) is 15.5 Å². The Morgan fingerprint density at radius 3 is 2.92 bits per heavy atom. The molecule has 2 heterocycles. The van der Waals surface area contributed by atoms with Crippen LogP contribution >= 0.6 is 23.5 Å². The van der Waals surface area contributed by atoms with Crippen molar-refractivity contribution in [3.8, 4) is 0 Å². The van der Waals surface area contributed by atoms with Gasteiger partial charge in [-0.2, -0.15) is 4.98 Å². The van der Waals surface area contributed by atoms with E-state index in [1.807, 2.05) is 41.7 Å². The van der Waals surface area contributed by atoms with E-state index in [2.05, 4.69) is 26.8 Å². The third-order valence-electron chi connectivity index (χ3n) is 3.86. The van der Waals surface area contributed by atoms with E-state index in [0.29, 0.717) is 16.4 Å². The summed E-state index contributed by atoms with van der Waals surface area (Å²) in [6.07, 6.45) is 2.25. The van der Waals surface area contributed by atoms with Gasteiger partial charge in [0, 0.05) is 23.1 Å². The summed E-state index contributed by atoms with van der Waals surface area (Å²) in [5.74, 6) is 4.01. The number of thioether (sulfide) groups is 2. The van der Waals surface area contributed by atoms with Crippen LogP contribution in [0, 0.1) is 0 Å². The van der Waals surface area contributed by atoms with Gasteiger partial charge in [0.15, 0.2) is 5.82 Å². The first kappa shape index (κ1) is 15.8. The van der Waals surface area contributed by atoms with Crippen LogP contribution in [0.4, 0.5) is 10.5 Å². The molecule has 1 aliphatic heterocycles. The van der Waals surface area contributed by atoms with Crippen LogP contribution in [0.15, 0.2) is 28.8 Å². The summed E-state index contributed by atoms with van der Waals surface area (Å²) in [5, 5.41) is 9.55. The smallest absolute Gasteiger partial charge is 0.319 e. The van der Waals surface area contributed by atoms with E-state index in [0.717, 1.165) is 24.4 Å². The number of hydrogen-bond acceptors (Lipinski definition) is 6. The molecule has 0 radical (unpaired) electrons. The quantitative estimate of drug-likeness (QED) is 0.843. The molecule has 0 spiro atoms. The fourth-order valence-electron chi connectivity index (χ4n) is 2.49. The summed E-state index contributed by atoms with van der Waals surface area (Å²) in [7, 11) is 0. The van der Waals surface area contributed by atoms with Crippen LogP contribution in [0.25, 0.3) is 0 Å². The molecule has 2 aliphatic rings. The standard InChI is InChI=1S/C16H18N4O2S2/c21-16(17-9-13-19-14(20-22-13)10-4-5-10)18-12-3-1-2-11(8-12)15-23-6-7-24-15/h1-3,8,10,15H,4-7,9H2,(H2,17,18,21). The number of anilines is 1. The van der Waals surface area contributed by atoms with Crippen LogP contribution in [-0.2, 0) is 6.54 Å². The Kier molecular flexibility index (Phi) is 4.66. The van der Waals surface area contributed by atoms with Crippen LogP contribution in [-0.4, -0.2) is 27.7 Å². The zero-order valence-electron chi connectivity index (χ0n) is 13.0. The molecular weight excluding hydrogens is 344 g/mol. The molecule has 6 nitrogen and oxygen atoms in total. The zero-order chi connectivity index (χ0) is 16.4. The maximum absolute atomic E-state index is 12.0. The number of nitrogens with one attached hydrogen (secondary N) is 2. The molecule has 2 amide bonds. The second kappa shape index (κ2) is 7.06. The van der Waals surface area contributed by atoms with E-state index in [4.69, 9.17) is 4.52 Å². The summed E-state index contributed by atoms with van der Waals surface area (Å²) in [6, 6.07) is 7.74. The molecule has 1 saturated carbocycles. The van der Waals surface area contributed by atoms with Crippen molar-refractivity contribution in [2.75, 3.05) is 16.8 Å². The fraction of sp³-hybridized carbons (Fsp3) is 0.438. The molecule has 1 aromatic heterocycles. The summed E-state index contributed by atoms with van der Waals surface area (Å²) < 4.78 is 5.61. The Morgan fingerprint density at radius 2 is 2.12 bits per heavy atom. The third kappa shape index (κ3) is 3.87. The van der Waals surface area contributed by atoms with Gasteiger partial charge in [0.2, 0.25) is 5.89 Å². The van der Waals surface area contributed by atoms with Crippen molar-refractivity contribution in [2.24, 2.45) is 0 Å². The Labute approximate surface area is 148 Å². The van der Waals surface area contributed by atoms with Gasteiger partial charge in [0.05, 0.1) is 11.1 Å². The second-order valence-corrected chi connectivity index (χ2v) is 8.55. The maximum atomic E-state index is 12.0. The fourth-order valence-corrected chi connectivity index (χ4v) is 5.33. The summed E-state index contributed by atoms with van der Waals surface area (Å²) in [5.41, 5.74) is 2.04. The Morgan fingerprint density at radius 1 is 1.29 bits per heavy atom. The predicted octanol–water partition coefficient (Wildman–Crippen LogP) is 3.75. The minimum Gasteiger partial charge on any atom is -0.337 e. The van der Waals surface area contributed by atoms with Crippen LogP contribution < -0.4 is 10.6 Å². The van der Waals surface area contributed by atoms with E-state index >= 15 is 0 Å². The lowest BCUT2D eigenvalue weighted by Gasteiger charge is -2.11. The second-order valence-electron chi connectivity index (χ2n) is 5.83. The maximum Gasteiger partial charge on any atom is 0.319 e. The predicted molar refractivity (Wildman–Crippen MR) is 96.2 cm³/mol. The number of urea groups is 1. The normalized spacial score (nSPS) is 17.8. The first-order valence-corrected chi connectivity index (χ1v) is 10.1. The zero-order valence-corrected chi connectivity index (χ0v) is 14.7.